The Hall–Kier alpha value is -3.18. The standard InChI is InChI=1S/C24H22O4S/c1-27-24(26)21-12-9-17(14-22(21)25)8-10-19-15-20(29-2)11-13-23(19)28-16-18-6-4-3-5-7-18/h3-15,25H,16H2,1-2H3. The lowest BCUT2D eigenvalue weighted by Crippen LogP contribution is -2.01. The number of carbonyl (C=O) groups excluding carboxylic acids is 1. The molecule has 3 aromatic carbocycles. The maximum Gasteiger partial charge on any atom is 0.341 e. The number of carbonyl (C=O) groups is 1. The fraction of sp³-hybridized carbons (Fsp3) is 0.125. The smallest absolute Gasteiger partial charge is 0.341 e. The second kappa shape index (κ2) is 9.85. The van der Waals surface area contributed by atoms with Crippen LogP contribution in [0.5, 0.6) is 11.5 Å². The van der Waals surface area contributed by atoms with Gasteiger partial charge in [0.2, 0.25) is 0 Å². The van der Waals surface area contributed by atoms with Gasteiger partial charge in [0.1, 0.15) is 23.7 Å². The van der Waals surface area contributed by atoms with E-state index in [-0.39, 0.29) is 11.3 Å². The lowest BCUT2D eigenvalue weighted by molar-refractivity contribution is 0.0597. The summed E-state index contributed by atoms with van der Waals surface area (Å²) in [5.74, 6) is 0.0954. The lowest BCUT2D eigenvalue weighted by atomic mass is 10.1. The summed E-state index contributed by atoms with van der Waals surface area (Å²) in [7, 11) is 1.28. The first kappa shape index (κ1) is 20.6. The molecule has 148 valence electrons. The third kappa shape index (κ3) is 5.42. The Morgan fingerprint density at radius 3 is 2.52 bits per heavy atom. The molecule has 0 fully saturated rings. The monoisotopic (exact) mass is 406 g/mol. The summed E-state index contributed by atoms with van der Waals surface area (Å²) >= 11 is 1.66. The third-order valence-corrected chi connectivity index (χ3v) is 5.06. The van der Waals surface area contributed by atoms with Gasteiger partial charge in [0.25, 0.3) is 0 Å². The third-order valence-electron chi connectivity index (χ3n) is 4.34. The van der Waals surface area contributed by atoms with Crippen LogP contribution >= 0.6 is 11.8 Å². The van der Waals surface area contributed by atoms with Gasteiger partial charge in [0.05, 0.1) is 7.11 Å². The Morgan fingerprint density at radius 2 is 1.83 bits per heavy atom. The summed E-state index contributed by atoms with van der Waals surface area (Å²) < 4.78 is 10.7. The van der Waals surface area contributed by atoms with Gasteiger partial charge in [-0.25, -0.2) is 4.79 Å². The first-order valence-electron chi connectivity index (χ1n) is 9.05. The molecular formula is C24H22O4S. The van der Waals surface area contributed by atoms with Crippen molar-refractivity contribution in [3.8, 4) is 11.5 Å². The van der Waals surface area contributed by atoms with Crippen LogP contribution < -0.4 is 4.74 Å². The van der Waals surface area contributed by atoms with E-state index in [2.05, 4.69) is 10.8 Å². The van der Waals surface area contributed by atoms with E-state index >= 15 is 0 Å². The van der Waals surface area contributed by atoms with E-state index in [1.54, 1.807) is 23.9 Å². The van der Waals surface area contributed by atoms with Gasteiger partial charge in [-0.3, -0.25) is 0 Å². The normalized spacial score (nSPS) is 10.8. The zero-order valence-electron chi connectivity index (χ0n) is 16.3. The molecule has 0 saturated carbocycles. The van der Waals surface area contributed by atoms with Crippen molar-refractivity contribution < 1.29 is 19.4 Å². The number of hydrogen-bond acceptors (Lipinski definition) is 5. The molecule has 0 heterocycles. The molecule has 0 aliphatic rings. The predicted molar refractivity (Wildman–Crippen MR) is 117 cm³/mol. The predicted octanol–water partition coefficient (Wildman–Crippen LogP) is 5.65. The van der Waals surface area contributed by atoms with Crippen LogP contribution in [-0.2, 0) is 11.3 Å². The molecular weight excluding hydrogens is 384 g/mol. The van der Waals surface area contributed by atoms with Crippen LogP contribution in [0.2, 0.25) is 0 Å². The van der Waals surface area contributed by atoms with Gasteiger partial charge >= 0.3 is 5.97 Å². The van der Waals surface area contributed by atoms with E-state index in [1.165, 1.54) is 13.2 Å². The zero-order chi connectivity index (χ0) is 20.6. The van der Waals surface area contributed by atoms with Gasteiger partial charge in [0.15, 0.2) is 0 Å². The van der Waals surface area contributed by atoms with Gasteiger partial charge in [-0.1, -0.05) is 48.6 Å². The second-order valence-electron chi connectivity index (χ2n) is 6.28. The Labute approximate surface area is 174 Å². The van der Waals surface area contributed by atoms with Crippen molar-refractivity contribution in [2.45, 2.75) is 11.5 Å². The van der Waals surface area contributed by atoms with Gasteiger partial charge in [-0.15, -0.1) is 11.8 Å². The molecule has 0 amide bonds. The number of thioether (sulfide) groups is 1. The number of aromatic hydroxyl groups is 1. The summed E-state index contributed by atoms with van der Waals surface area (Å²) in [4.78, 5) is 12.7. The first-order chi connectivity index (χ1) is 14.1. The average molecular weight is 407 g/mol. The molecule has 5 heteroatoms. The van der Waals surface area contributed by atoms with Crippen molar-refractivity contribution in [1.82, 2.24) is 0 Å². The molecule has 3 rings (SSSR count). The average Bonchev–Trinajstić information content (AvgIpc) is 2.76. The molecule has 0 atom stereocenters. The summed E-state index contributed by atoms with van der Waals surface area (Å²) in [5, 5.41) is 10.1. The number of ether oxygens (including phenoxy) is 2. The number of hydrogen-bond donors (Lipinski definition) is 1. The van der Waals surface area contributed by atoms with Crippen LogP contribution in [0.3, 0.4) is 0 Å². The highest BCUT2D eigenvalue weighted by atomic mass is 32.2. The van der Waals surface area contributed by atoms with Crippen LogP contribution in [0.25, 0.3) is 12.2 Å². The van der Waals surface area contributed by atoms with Gasteiger partial charge < -0.3 is 14.6 Å². The van der Waals surface area contributed by atoms with Crippen LogP contribution in [0.1, 0.15) is 27.0 Å². The Balaban J connectivity index is 1.83. The molecule has 0 bridgehead atoms. The Morgan fingerprint density at radius 1 is 1.03 bits per heavy atom. The quantitative estimate of drug-likeness (QED) is 0.312. The van der Waals surface area contributed by atoms with Gasteiger partial charge in [0, 0.05) is 10.5 Å². The number of methoxy groups -OCH3 is 1. The maximum atomic E-state index is 11.6. The highest BCUT2D eigenvalue weighted by molar-refractivity contribution is 7.98. The number of esters is 1. The van der Waals surface area contributed by atoms with E-state index in [1.807, 2.05) is 60.9 Å². The van der Waals surface area contributed by atoms with Gasteiger partial charge in [-0.2, -0.15) is 0 Å². The summed E-state index contributed by atoms with van der Waals surface area (Å²) in [5.41, 5.74) is 2.93. The van der Waals surface area contributed by atoms with Crippen LogP contribution in [0, 0.1) is 0 Å². The van der Waals surface area contributed by atoms with Crippen molar-refractivity contribution >= 4 is 29.9 Å². The summed E-state index contributed by atoms with van der Waals surface area (Å²) in [6.07, 6.45) is 5.83. The maximum absolute atomic E-state index is 11.6. The van der Waals surface area contributed by atoms with Crippen molar-refractivity contribution in [3.05, 3.63) is 89.0 Å². The number of benzene rings is 3. The molecule has 29 heavy (non-hydrogen) atoms. The fourth-order valence-corrected chi connectivity index (χ4v) is 3.22. The van der Waals surface area contributed by atoms with Crippen molar-refractivity contribution in [1.29, 1.82) is 0 Å². The minimum atomic E-state index is -0.567. The molecule has 0 radical (unpaired) electrons. The van der Waals surface area contributed by atoms with Crippen LogP contribution in [0.4, 0.5) is 0 Å². The van der Waals surface area contributed by atoms with E-state index in [4.69, 9.17) is 4.74 Å². The van der Waals surface area contributed by atoms with E-state index in [0.717, 1.165) is 27.3 Å². The summed E-state index contributed by atoms with van der Waals surface area (Å²) in [6.45, 7) is 0.481. The molecule has 0 aliphatic carbocycles. The largest absolute Gasteiger partial charge is 0.507 e. The molecule has 0 spiro atoms. The highest BCUT2D eigenvalue weighted by Gasteiger charge is 2.11. The number of rotatable bonds is 7. The van der Waals surface area contributed by atoms with Crippen molar-refractivity contribution in [3.63, 3.8) is 0 Å². The molecule has 3 aromatic rings. The molecule has 0 unspecified atom stereocenters. The van der Waals surface area contributed by atoms with Crippen LogP contribution in [-0.4, -0.2) is 24.4 Å². The molecule has 1 N–H and O–H groups in total. The Kier molecular flexibility index (Phi) is 6.98. The molecule has 4 nitrogen and oxygen atoms in total. The Bertz CT molecular complexity index is 1010. The molecule has 0 saturated heterocycles. The van der Waals surface area contributed by atoms with E-state index in [9.17, 15) is 9.90 Å². The first-order valence-corrected chi connectivity index (χ1v) is 10.3. The lowest BCUT2D eigenvalue weighted by Gasteiger charge is -2.11. The van der Waals surface area contributed by atoms with Crippen LogP contribution in [0.15, 0.2) is 71.6 Å². The van der Waals surface area contributed by atoms with E-state index in [0.29, 0.717) is 6.61 Å². The van der Waals surface area contributed by atoms with E-state index < -0.39 is 5.97 Å². The minimum Gasteiger partial charge on any atom is -0.507 e. The van der Waals surface area contributed by atoms with Crippen molar-refractivity contribution in [2.24, 2.45) is 0 Å². The highest BCUT2D eigenvalue weighted by Crippen LogP contribution is 2.28. The fourth-order valence-electron chi connectivity index (χ4n) is 2.77. The minimum absolute atomic E-state index is 0.114. The number of phenolic OH excluding ortho intramolecular Hbond substituents is 1. The zero-order valence-corrected chi connectivity index (χ0v) is 17.1. The SMILES string of the molecule is COC(=O)c1ccc(C=Cc2cc(SC)ccc2OCc2ccccc2)cc1O. The van der Waals surface area contributed by atoms with Gasteiger partial charge in [-0.05, 0) is 47.7 Å². The molecule has 0 aliphatic heterocycles. The number of phenols is 1. The second-order valence-corrected chi connectivity index (χ2v) is 7.16. The topological polar surface area (TPSA) is 55.8 Å². The molecule has 0 aromatic heterocycles. The van der Waals surface area contributed by atoms with Crippen molar-refractivity contribution in [2.75, 3.05) is 13.4 Å². The summed E-state index contributed by atoms with van der Waals surface area (Å²) in [6, 6.07) is 20.9.